The first kappa shape index (κ1) is 18.7. The van der Waals surface area contributed by atoms with Crippen molar-refractivity contribution in [2.75, 3.05) is 13.2 Å². The fourth-order valence-corrected chi connectivity index (χ4v) is 2.97. The highest BCUT2D eigenvalue weighted by Crippen LogP contribution is 2.25. The zero-order valence-electron chi connectivity index (χ0n) is 14.0. The molecule has 2 aromatic carbocycles. The van der Waals surface area contributed by atoms with E-state index in [0.717, 1.165) is 11.8 Å². The molecule has 1 heterocycles. The lowest BCUT2D eigenvalue weighted by atomic mass is 10.1. The van der Waals surface area contributed by atoms with Gasteiger partial charge < -0.3 is 10.1 Å². The molecule has 2 N–H and O–H groups in total. The van der Waals surface area contributed by atoms with E-state index in [9.17, 15) is 18.8 Å². The van der Waals surface area contributed by atoms with Crippen LogP contribution in [0.5, 0.6) is 5.75 Å². The van der Waals surface area contributed by atoms with E-state index >= 15 is 0 Å². The molecule has 0 spiro atoms. The molecule has 1 aliphatic rings. The molecule has 0 bridgehead atoms. The summed E-state index contributed by atoms with van der Waals surface area (Å²) in [4.78, 5) is 35.1. The van der Waals surface area contributed by atoms with Gasteiger partial charge in [0.2, 0.25) is 0 Å². The van der Waals surface area contributed by atoms with Crippen molar-refractivity contribution in [1.29, 1.82) is 0 Å². The molecule has 0 unspecified atom stereocenters. The van der Waals surface area contributed by atoms with Gasteiger partial charge in [0.25, 0.3) is 17.1 Å². The van der Waals surface area contributed by atoms with Gasteiger partial charge in [0.1, 0.15) is 6.61 Å². The molecule has 8 heteroatoms. The Labute approximate surface area is 158 Å². The molecule has 1 saturated heterocycles. The minimum atomic E-state index is -0.454. The van der Waals surface area contributed by atoms with Crippen LogP contribution in [0, 0.1) is 5.82 Å². The Morgan fingerprint density at radius 3 is 2.56 bits per heavy atom. The van der Waals surface area contributed by atoms with Crippen LogP contribution in [0.2, 0.25) is 0 Å². The highest BCUT2D eigenvalue weighted by Gasteiger charge is 2.24. The van der Waals surface area contributed by atoms with Crippen LogP contribution in [0.3, 0.4) is 0 Å². The van der Waals surface area contributed by atoms with Crippen molar-refractivity contribution in [2.24, 2.45) is 0 Å². The van der Waals surface area contributed by atoms with Crippen LogP contribution < -0.4 is 15.4 Å². The van der Waals surface area contributed by atoms with Crippen LogP contribution in [0.25, 0.3) is 6.08 Å². The molecular formula is C19H15FN2O4S. The second-order valence-electron chi connectivity index (χ2n) is 5.51. The molecule has 0 radical (unpaired) electrons. The molecule has 138 valence electrons. The van der Waals surface area contributed by atoms with Crippen molar-refractivity contribution < 1.29 is 23.5 Å². The van der Waals surface area contributed by atoms with Gasteiger partial charge in [-0.1, -0.05) is 24.3 Å². The Bertz CT molecular complexity index is 912. The number of para-hydroxylation sites is 1. The Kier molecular flexibility index (Phi) is 5.87. The number of hydrogen-bond acceptors (Lipinski definition) is 5. The van der Waals surface area contributed by atoms with E-state index in [4.69, 9.17) is 4.74 Å². The number of imide groups is 1. The molecule has 1 aliphatic heterocycles. The van der Waals surface area contributed by atoms with Gasteiger partial charge in [-0.3, -0.25) is 19.7 Å². The number of hydrogen-bond donors (Lipinski definition) is 2. The summed E-state index contributed by atoms with van der Waals surface area (Å²) in [7, 11) is 0. The fourth-order valence-electron chi connectivity index (χ4n) is 2.29. The zero-order chi connectivity index (χ0) is 19.2. The first-order valence-electron chi connectivity index (χ1n) is 8.03. The van der Waals surface area contributed by atoms with Gasteiger partial charge in [-0.05, 0) is 47.7 Å². The third-order valence-electron chi connectivity index (χ3n) is 3.59. The average Bonchev–Trinajstić information content (AvgIpc) is 2.97. The van der Waals surface area contributed by atoms with Crippen LogP contribution in [0.1, 0.15) is 15.9 Å². The lowest BCUT2D eigenvalue weighted by Gasteiger charge is -2.08. The van der Waals surface area contributed by atoms with Crippen LogP contribution >= 0.6 is 11.8 Å². The third kappa shape index (κ3) is 4.95. The number of amides is 3. The molecule has 0 saturated carbocycles. The van der Waals surface area contributed by atoms with Gasteiger partial charge in [0, 0.05) is 5.56 Å². The van der Waals surface area contributed by atoms with E-state index in [-0.39, 0.29) is 24.8 Å². The standard InChI is InChI=1S/C19H15FN2O4S/c20-14-3-1-2-4-15(14)26-10-9-21-17(23)13-7-5-12(6-8-13)11-16-18(24)22-19(25)27-16/h1-8,11H,9-10H2,(H,21,23)(H,22,24,25). The molecule has 1 fully saturated rings. The summed E-state index contributed by atoms with van der Waals surface area (Å²) in [6, 6.07) is 12.6. The zero-order valence-corrected chi connectivity index (χ0v) is 14.8. The Morgan fingerprint density at radius 2 is 1.89 bits per heavy atom. The highest BCUT2D eigenvalue weighted by molar-refractivity contribution is 8.18. The highest BCUT2D eigenvalue weighted by atomic mass is 32.2. The van der Waals surface area contributed by atoms with E-state index in [2.05, 4.69) is 10.6 Å². The van der Waals surface area contributed by atoms with Gasteiger partial charge in [0.15, 0.2) is 11.6 Å². The van der Waals surface area contributed by atoms with Gasteiger partial charge in [-0.25, -0.2) is 4.39 Å². The van der Waals surface area contributed by atoms with Gasteiger partial charge in [-0.2, -0.15) is 0 Å². The molecular weight excluding hydrogens is 371 g/mol. The number of carbonyl (C=O) groups excluding carboxylic acids is 3. The third-order valence-corrected chi connectivity index (χ3v) is 4.41. The second kappa shape index (κ2) is 8.50. The smallest absolute Gasteiger partial charge is 0.290 e. The van der Waals surface area contributed by atoms with Crippen LogP contribution in [-0.2, 0) is 4.79 Å². The lowest BCUT2D eigenvalue weighted by Crippen LogP contribution is -2.28. The predicted octanol–water partition coefficient (Wildman–Crippen LogP) is 2.96. The lowest BCUT2D eigenvalue weighted by molar-refractivity contribution is -0.115. The summed E-state index contributed by atoms with van der Waals surface area (Å²) in [5.74, 6) is -1.04. The van der Waals surface area contributed by atoms with Gasteiger partial charge in [-0.15, -0.1) is 0 Å². The predicted molar refractivity (Wildman–Crippen MR) is 99.8 cm³/mol. The summed E-state index contributed by atoms with van der Waals surface area (Å²) >= 11 is 0.833. The molecule has 3 amide bonds. The topological polar surface area (TPSA) is 84.5 Å². The van der Waals surface area contributed by atoms with E-state index in [1.807, 2.05) is 0 Å². The molecule has 3 rings (SSSR count). The SMILES string of the molecule is O=C1NC(=O)C(=Cc2ccc(C(=O)NCCOc3ccccc3F)cc2)S1. The van der Waals surface area contributed by atoms with Gasteiger partial charge in [0.05, 0.1) is 11.4 Å². The summed E-state index contributed by atoms with van der Waals surface area (Å²) in [5.41, 5.74) is 1.13. The van der Waals surface area contributed by atoms with Crippen molar-refractivity contribution >= 4 is 34.9 Å². The van der Waals surface area contributed by atoms with Crippen molar-refractivity contribution in [3.8, 4) is 5.75 Å². The summed E-state index contributed by atoms with van der Waals surface area (Å²) < 4.78 is 18.7. The van der Waals surface area contributed by atoms with E-state index in [1.54, 1.807) is 42.5 Å². The molecule has 27 heavy (non-hydrogen) atoms. The van der Waals surface area contributed by atoms with Crippen molar-refractivity contribution in [2.45, 2.75) is 0 Å². The summed E-state index contributed by atoms with van der Waals surface area (Å²) in [5, 5.41) is 4.45. The molecule has 0 aliphatic carbocycles. The Morgan fingerprint density at radius 1 is 1.15 bits per heavy atom. The summed E-state index contributed by atoms with van der Waals surface area (Å²) in [6.45, 7) is 0.356. The molecule has 0 aromatic heterocycles. The number of halogens is 1. The number of rotatable bonds is 6. The monoisotopic (exact) mass is 386 g/mol. The normalized spacial score (nSPS) is 14.9. The Balaban J connectivity index is 1.50. The first-order chi connectivity index (χ1) is 13.0. The van der Waals surface area contributed by atoms with E-state index in [0.29, 0.717) is 16.0 Å². The number of nitrogens with one attached hydrogen (secondary N) is 2. The number of benzene rings is 2. The molecule has 2 aromatic rings. The minimum Gasteiger partial charge on any atom is -0.489 e. The van der Waals surface area contributed by atoms with Crippen molar-refractivity contribution in [3.05, 3.63) is 70.4 Å². The van der Waals surface area contributed by atoms with E-state index in [1.165, 1.54) is 12.1 Å². The van der Waals surface area contributed by atoms with Crippen molar-refractivity contribution in [1.82, 2.24) is 10.6 Å². The summed E-state index contributed by atoms with van der Waals surface area (Å²) in [6.07, 6.45) is 1.58. The van der Waals surface area contributed by atoms with Crippen LogP contribution in [-0.4, -0.2) is 30.2 Å². The maximum atomic E-state index is 13.4. The number of carbonyl (C=O) groups is 3. The largest absolute Gasteiger partial charge is 0.489 e. The second-order valence-corrected chi connectivity index (χ2v) is 6.52. The van der Waals surface area contributed by atoms with E-state index < -0.39 is 17.0 Å². The maximum Gasteiger partial charge on any atom is 0.290 e. The molecule has 6 nitrogen and oxygen atoms in total. The number of ether oxygens (including phenoxy) is 1. The first-order valence-corrected chi connectivity index (χ1v) is 8.85. The van der Waals surface area contributed by atoms with Crippen molar-refractivity contribution in [3.63, 3.8) is 0 Å². The van der Waals surface area contributed by atoms with Gasteiger partial charge >= 0.3 is 0 Å². The quantitative estimate of drug-likeness (QED) is 0.589. The Hall–Kier alpha value is -3.13. The fraction of sp³-hybridized carbons (Fsp3) is 0.105. The minimum absolute atomic E-state index is 0.136. The molecule has 0 atom stereocenters. The van der Waals surface area contributed by atoms with Crippen LogP contribution in [0.4, 0.5) is 9.18 Å². The maximum absolute atomic E-state index is 13.4. The number of thioether (sulfide) groups is 1. The van der Waals surface area contributed by atoms with Crippen LogP contribution in [0.15, 0.2) is 53.4 Å². The average molecular weight is 386 g/mol.